The molecule has 4 N–H and O–H groups in total. The average Bonchev–Trinajstić information content (AvgIpc) is 3.55. The van der Waals surface area contributed by atoms with Gasteiger partial charge in [-0.1, -0.05) is 13.8 Å². The number of fused-ring (bicyclic) bond motifs is 5. The summed E-state index contributed by atoms with van der Waals surface area (Å²) in [6, 6.07) is 1.63. The van der Waals surface area contributed by atoms with Gasteiger partial charge in [0, 0.05) is 53.4 Å². The maximum Gasteiger partial charge on any atom is 0.335 e. The van der Waals surface area contributed by atoms with Gasteiger partial charge in [-0.3, -0.25) is 9.59 Å². The van der Waals surface area contributed by atoms with Gasteiger partial charge in [0.2, 0.25) is 0 Å². The Labute approximate surface area is 225 Å². The van der Waals surface area contributed by atoms with Crippen LogP contribution in [0.4, 0.5) is 0 Å². The maximum atomic E-state index is 12.9. The number of hydrogen-bond acceptors (Lipinski definition) is 11. The minimum Gasteiger partial charge on any atom is -0.472 e. The van der Waals surface area contributed by atoms with Gasteiger partial charge in [0.05, 0.1) is 37.8 Å². The van der Waals surface area contributed by atoms with Gasteiger partial charge in [-0.05, 0) is 24.8 Å². The second-order valence-corrected chi connectivity index (χ2v) is 12.9. The largest absolute Gasteiger partial charge is 0.472 e. The van der Waals surface area contributed by atoms with E-state index in [-0.39, 0.29) is 25.2 Å². The lowest BCUT2D eigenvalue weighted by Gasteiger charge is -2.71. The zero-order valence-corrected chi connectivity index (χ0v) is 22.4. The summed E-state index contributed by atoms with van der Waals surface area (Å²) >= 11 is 0. The van der Waals surface area contributed by atoms with Crippen molar-refractivity contribution < 1.29 is 53.4 Å². The summed E-state index contributed by atoms with van der Waals surface area (Å²) < 4.78 is 21.6. The molecule has 214 valence electrons. The smallest absolute Gasteiger partial charge is 0.335 e. The van der Waals surface area contributed by atoms with Crippen molar-refractivity contribution in [3.63, 3.8) is 0 Å². The summed E-state index contributed by atoms with van der Waals surface area (Å²) in [7, 11) is 1.15. The van der Waals surface area contributed by atoms with Crippen molar-refractivity contribution in [3.8, 4) is 0 Å². The number of methoxy groups -OCH3 is 1. The topological polar surface area (TPSA) is 173 Å². The van der Waals surface area contributed by atoms with E-state index in [9.17, 15) is 34.8 Å². The molecule has 4 saturated carbocycles. The van der Waals surface area contributed by atoms with Gasteiger partial charge in [-0.25, -0.2) is 4.79 Å². The summed E-state index contributed by atoms with van der Waals surface area (Å²) in [6.07, 6.45) is -1.77. The molecule has 13 atom stereocenters. The van der Waals surface area contributed by atoms with Crippen molar-refractivity contribution in [3.05, 3.63) is 24.2 Å². The standard InChI is InChI=1S/C28H36O11/c1-12(29)38-23-14-8-27(34)15-7-18(31)39-21(13-5-6-37-11-13)19(15)17(30)10-28(27,35)26(3)16(14)9-25(23,2)22(26)20(32)24(33)36-4/h5-6,11,14-17,19-23,30,32,34-35H,7-10H2,1-4H3/t14-,15?,16+,17-,19?,20+,21-,22-,23+,25+,26-,27-,28-/m0/s1. The number of carbonyl (C=O) groups is 3. The summed E-state index contributed by atoms with van der Waals surface area (Å²) in [6.45, 7) is 4.86. The highest BCUT2D eigenvalue weighted by Crippen LogP contribution is 2.80. The van der Waals surface area contributed by atoms with Crippen molar-refractivity contribution in [2.24, 2.45) is 40.4 Å². The zero-order chi connectivity index (χ0) is 28.3. The van der Waals surface area contributed by atoms with Crippen LogP contribution in [0.5, 0.6) is 0 Å². The van der Waals surface area contributed by atoms with E-state index < -0.39 is 88.0 Å². The van der Waals surface area contributed by atoms with Crippen molar-refractivity contribution >= 4 is 17.9 Å². The third kappa shape index (κ3) is 3.10. The van der Waals surface area contributed by atoms with Gasteiger partial charge in [0.1, 0.15) is 17.8 Å². The molecule has 0 aromatic carbocycles. The van der Waals surface area contributed by atoms with Crippen LogP contribution in [0.3, 0.4) is 0 Å². The second-order valence-electron chi connectivity index (χ2n) is 12.9. The van der Waals surface area contributed by atoms with Crippen molar-refractivity contribution in [2.75, 3.05) is 7.11 Å². The lowest BCUT2D eigenvalue weighted by atomic mass is 9.37. The van der Waals surface area contributed by atoms with Crippen molar-refractivity contribution in [1.82, 2.24) is 0 Å². The lowest BCUT2D eigenvalue weighted by molar-refractivity contribution is -0.357. The number of esters is 3. The third-order valence-corrected chi connectivity index (χ3v) is 11.4. The molecule has 6 rings (SSSR count). The Hall–Kier alpha value is -2.47. The van der Waals surface area contributed by atoms with E-state index in [2.05, 4.69) is 0 Å². The van der Waals surface area contributed by atoms with E-state index in [4.69, 9.17) is 18.6 Å². The monoisotopic (exact) mass is 548 g/mol. The van der Waals surface area contributed by atoms with Crippen LogP contribution in [-0.4, -0.2) is 75.0 Å². The van der Waals surface area contributed by atoms with Gasteiger partial charge in [0.25, 0.3) is 0 Å². The highest BCUT2D eigenvalue weighted by molar-refractivity contribution is 5.75. The molecule has 5 fully saturated rings. The van der Waals surface area contributed by atoms with Gasteiger partial charge in [0.15, 0.2) is 6.10 Å². The molecule has 1 aliphatic heterocycles. The van der Waals surface area contributed by atoms with E-state index >= 15 is 0 Å². The molecule has 2 unspecified atom stereocenters. The van der Waals surface area contributed by atoms with Crippen LogP contribution < -0.4 is 0 Å². The van der Waals surface area contributed by atoms with Gasteiger partial charge in [-0.15, -0.1) is 0 Å². The molecular formula is C28H36O11. The molecule has 1 aromatic heterocycles. The fourth-order valence-corrected chi connectivity index (χ4v) is 10.2. The molecule has 1 aromatic rings. The number of cyclic esters (lactones) is 1. The number of rotatable bonds is 4. The Morgan fingerprint density at radius 1 is 1.15 bits per heavy atom. The SMILES string of the molecule is COC(=O)[C@H](O)[C@H]1[C@@]2(C)C[C@@H]3[C@H](C[C@]4(O)C5CC(=O)O[C@@H](c6ccoc6)C5[C@@H](O)C[C@]4(O)[C@@]31C)[C@H]2OC(C)=O. The van der Waals surface area contributed by atoms with E-state index in [1.807, 2.05) is 6.92 Å². The summed E-state index contributed by atoms with van der Waals surface area (Å²) in [5.74, 6) is -5.46. The average molecular weight is 549 g/mol. The first-order chi connectivity index (χ1) is 18.2. The molecule has 11 nitrogen and oxygen atoms in total. The Morgan fingerprint density at radius 2 is 1.87 bits per heavy atom. The van der Waals surface area contributed by atoms with Crippen molar-refractivity contribution in [2.45, 2.75) is 82.1 Å². The fourth-order valence-electron chi connectivity index (χ4n) is 10.2. The number of aliphatic hydroxyl groups excluding tert-OH is 2. The van der Waals surface area contributed by atoms with E-state index in [0.29, 0.717) is 12.0 Å². The Bertz CT molecular complexity index is 1200. The molecule has 0 amide bonds. The van der Waals surface area contributed by atoms with Crippen LogP contribution >= 0.6 is 0 Å². The predicted molar refractivity (Wildman–Crippen MR) is 129 cm³/mol. The number of carbonyl (C=O) groups excluding carboxylic acids is 3. The number of ether oxygens (including phenoxy) is 3. The number of furan rings is 1. The highest BCUT2D eigenvalue weighted by atomic mass is 16.6. The number of aliphatic hydroxyl groups is 4. The van der Waals surface area contributed by atoms with Crippen LogP contribution in [0.1, 0.15) is 58.1 Å². The van der Waals surface area contributed by atoms with Crippen LogP contribution in [0.2, 0.25) is 0 Å². The first-order valence-corrected chi connectivity index (χ1v) is 13.5. The molecular weight excluding hydrogens is 512 g/mol. The molecule has 4 aliphatic carbocycles. The van der Waals surface area contributed by atoms with Gasteiger partial charge < -0.3 is 39.1 Å². The molecule has 11 heteroatoms. The third-order valence-electron chi connectivity index (χ3n) is 11.4. The molecule has 2 heterocycles. The molecule has 1 saturated heterocycles. The van der Waals surface area contributed by atoms with Gasteiger partial charge >= 0.3 is 17.9 Å². The minimum atomic E-state index is -2.00. The van der Waals surface area contributed by atoms with Crippen LogP contribution in [0.15, 0.2) is 23.0 Å². The van der Waals surface area contributed by atoms with Crippen LogP contribution in [-0.2, 0) is 28.6 Å². The minimum absolute atomic E-state index is 0.0115. The zero-order valence-electron chi connectivity index (χ0n) is 22.4. The summed E-state index contributed by atoms with van der Waals surface area (Å²) in [5.41, 5.74) is -5.64. The molecule has 0 spiro atoms. The van der Waals surface area contributed by atoms with Crippen molar-refractivity contribution in [1.29, 1.82) is 0 Å². The molecule has 0 radical (unpaired) electrons. The predicted octanol–water partition coefficient (Wildman–Crippen LogP) is 0.875. The highest BCUT2D eigenvalue weighted by Gasteiger charge is 2.85. The Kier molecular flexibility index (Phi) is 5.68. The van der Waals surface area contributed by atoms with E-state index in [0.717, 1.165) is 7.11 Å². The Morgan fingerprint density at radius 3 is 2.49 bits per heavy atom. The molecule has 5 aliphatic rings. The molecule has 39 heavy (non-hydrogen) atoms. The van der Waals surface area contributed by atoms with E-state index in [1.54, 1.807) is 13.0 Å². The fraction of sp³-hybridized carbons (Fsp3) is 0.750. The quantitative estimate of drug-likeness (QED) is 0.311. The maximum absolute atomic E-state index is 12.9. The lowest BCUT2D eigenvalue weighted by Crippen LogP contribution is -2.81. The van der Waals surface area contributed by atoms with Crippen LogP contribution in [0.25, 0.3) is 0 Å². The van der Waals surface area contributed by atoms with Gasteiger partial charge in [-0.2, -0.15) is 0 Å². The Balaban J connectivity index is 1.53. The van der Waals surface area contributed by atoms with Crippen LogP contribution in [0, 0.1) is 40.4 Å². The number of hydrogen-bond donors (Lipinski definition) is 4. The normalized spacial score (nSPS) is 50.4. The first kappa shape index (κ1) is 26.7. The second kappa shape index (κ2) is 8.28. The summed E-state index contributed by atoms with van der Waals surface area (Å²) in [4.78, 5) is 37.9. The van der Waals surface area contributed by atoms with E-state index in [1.165, 1.54) is 19.5 Å². The first-order valence-electron chi connectivity index (χ1n) is 13.5. The molecule has 2 bridgehead atoms. The summed E-state index contributed by atoms with van der Waals surface area (Å²) in [5, 5.41) is 48.4.